The Morgan fingerprint density at radius 3 is 3.09 bits per heavy atom. The Labute approximate surface area is 135 Å². The minimum atomic E-state index is -0.190. The van der Waals surface area contributed by atoms with Gasteiger partial charge < -0.3 is 14.8 Å². The highest BCUT2D eigenvalue weighted by atomic mass is 32.1. The molecule has 4 rings (SSSR count). The molecule has 0 amide bonds. The molecule has 8 heteroatoms. The van der Waals surface area contributed by atoms with Gasteiger partial charge >= 0.3 is 0 Å². The van der Waals surface area contributed by atoms with Crippen LogP contribution < -0.4 is 20.3 Å². The van der Waals surface area contributed by atoms with Crippen LogP contribution >= 0.6 is 11.3 Å². The number of aromatic nitrogens is 3. The number of nitrogens with zero attached hydrogens (tertiary/aromatic N) is 3. The van der Waals surface area contributed by atoms with E-state index in [0.717, 1.165) is 23.5 Å². The number of nitrogens with one attached hydrogen (secondary N) is 1. The number of anilines is 1. The quantitative estimate of drug-likeness (QED) is 0.790. The third-order valence-corrected chi connectivity index (χ3v) is 4.33. The van der Waals surface area contributed by atoms with Gasteiger partial charge in [0.2, 0.25) is 10.1 Å². The lowest BCUT2D eigenvalue weighted by molar-refractivity contribution is 0.296. The monoisotopic (exact) mass is 330 g/mol. The fraction of sp³-hybridized carbons (Fsp3) is 0.267. The fourth-order valence-corrected chi connectivity index (χ4v) is 3.15. The average Bonchev–Trinajstić information content (AvgIpc) is 2.83. The van der Waals surface area contributed by atoms with Gasteiger partial charge in [-0.3, -0.25) is 4.79 Å². The maximum Gasteiger partial charge on any atom is 0.275 e. The number of hydrogen-bond donors (Lipinski definition) is 1. The SMILES string of the molecule is O=c1ccnc2sc(NCc3cccc4c3OCCCO4)nn12. The first-order valence-corrected chi connectivity index (χ1v) is 8.09. The fourth-order valence-electron chi connectivity index (χ4n) is 2.38. The van der Waals surface area contributed by atoms with Crippen molar-refractivity contribution in [2.45, 2.75) is 13.0 Å². The van der Waals surface area contributed by atoms with Crippen molar-refractivity contribution in [2.75, 3.05) is 18.5 Å². The molecule has 1 N–H and O–H groups in total. The van der Waals surface area contributed by atoms with Crippen LogP contribution in [0, 0.1) is 0 Å². The molecular weight excluding hydrogens is 316 g/mol. The van der Waals surface area contributed by atoms with E-state index >= 15 is 0 Å². The van der Waals surface area contributed by atoms with Crippen molar-refractivity contribution in [1.29, 1.82) is 0 Å². The zero-order valence-electron chi connectivity index (χ0n) is 12.2. The lowest BCUT2D eigenvalue weighted by atomic mass is 10.2. The topological polar surface area (TPSA) is 77.8 Å². The second-order valence-electron chi connectivity index (χ2n) is 5.03. The first-order valence-electron chi connectivity index (χ1n) is 7.27. The van der Waals surface area contributed by atoms with Crippen molar-refractivity contribution >= 4 is 21.4 Å². The summed E-state index contributed by atoms with van der Waals surface area (Å²) in [5, 5.41) is 8.09. The minimum absolute atomic E-state index is 0.190. The van der Waals surface area contributed by atoms with Gasteiger partial charge in [-0.15, -0.1) is 5.10 Å². The van der Waals surface area contributed by atoms with E-state index in [0.29, 0.717) is 29.9 Å². The summed E-state index contributed by atoms with van der Waals surface area (Å²) in [6, 6.07) is 7.22. The predicted octanol–water partition coefficient (Wildman–Crippen LogP) is 1.92. The van der Waals surface area contributed by atoms with Crippen LogP contribution in [0.5, 0.6) is 11.5 Å². The summed E-state index contributed by atoms with van der Waals surface area (Å²) in [7, 11) is 0. The van der Waals surface area contributed by atoms with Crippen LogP contribution in [0.1, 0.15) is 12.0 Å². The highest BCUT2D eigenvalue weighted by Gasteiger charge is 2.15. The Kier molecular flexibility index (Phi) is 3.58. The van der Waals surface area contributed by atoms with E-state index in [4.69, 9.17) is 9.47 Å². The normalized spacial score (nSPS) is 13.7. The largest absolute Gasteiger partial charge is 0.490 e. The summed E-state index contributed by atoms with van der Waals surface area (Å²) in [6.45, 7) is 1.84. The highest BCUT2D eigenvalue weighted by Crippen LogP contribution is 2.33. The molecule has 0 saturated carbocycles. The molecule has 0 bridgehead atoms. The molecule has 3 heterocycles. The van der Waals surface area contributed by atoms with Crippen molar-refractivity contribution in [3.05, 3.63) is 46.4 Å². The standard InChI is InChI=1S/C15H14N4O3S/c20-12-5-6-16-15-19(12)18-14(23-15)17-9-10-3-1-4-11-13(10)22-8-2-7-21-11/h1,3-6H,2,7-9H2,(H,17,18). The lowest BCUT2D eigenvalue weighted by Gasteiger charge is -2.12. The zero-order valence-corrected chi connectivity index (χ0v) is 13.0. The first-order chi connectivity index (χ1) is 11.3. The highest BCUT2D eigenvalue weighted by molar-refractivity contribution is 7.20. The predicted molar refractivity (Wildman–Crippen MR) is 86.5 cm³/mol. The first kappa shape index (κ1) is 14.0. The molecule has 0 saturated heterocycles. The van der Waals surface area contributed by atoms with E-state index in [1.54, 1.807) is 0 Å². The molecule has 0 spiro atoms. The minimum Gasteiger partial charge on any atom is -0.490 e. The van der Waals surface area contributed by atoms with Gasteiger partial charge in [-0.25, -0.2) is 4.98 Å². The molecule has 0 aliphatic carbocycles. The van der Waals surface area contributed by atoms with Gasteiger partial charge in [0, 0.05) is 30.8 Å². The Bertz CT molecular complexity index is 905. The lowest BCUT2D eigenvalue weighted by Crippen LogP contribution is -2.12. The van der Waals surface area contributed by atoms with Crippen molar-refractivity contribution < 1.29 is 9.47 Å². The van der Waals surface area contributed by atoms with Gasteiger partial charge in [0.25, 0.3) is 5.56 Å². The van der Waals surface area contributed by atoms with E-state index in [9.17, 15) is 4.79 Å². The molecule has 7 nitrogen and oxygen atoms in total. The average molecular weight is 330 g/mol. The summed E-state index contributed by atoms with van der Waals surface area (Å²) < 4.78 is 12.8. The molecule has 0 atom stereocenters. The van der Waals surface area contributed by atoms with Gasteiger partial charge in [-0.05, 0) is 6.07 Å². The molecule has 0 fully saturated rings. The van der Waals surface area contributed by atoms with Gasteiger partial charge in [-0.2, -0.15) is 4.52 Å². The van der Waals surface area contributed by atoms with Crippen LogP contribution in [0.4, 0.5) is 5.13 Å². The van der Waals surface area contributed by atoms with Crippen LogP contribution in [0.25, 0.3) is 4.96 Å². The second-order valence-corrected chi connectivity index (χ2v) is 5.99. The maximum absolute atomic E-state index is 11.7. The molecule has 0 unspecified atom stereocenters. The summed E-state index contributed by atoms with van der Waals surface area (Å²) in [5.41, 5.74) is 0.800. The molecule has 1 aromatic carbocycles. The van der Waals surface area contributed by atoms with Crippen LogP contribution in [-0.2, 0) is 6.54 Å². The number of para-hydroxylation sites is 1. The second kappa shape index (κ2) is 5.88. The van der Waals surface area contributed by atoms with Crippen LogP contribution in [0.15, 0.2) is 35.3 Å². The van der Waals surface area contributed by atoms with Gasteiger partial charge in [0.05, 0.1) is 13.2 Å². The number of benzene rings is 1. The summed E-state index contributed by atoms with van der Waals surface area (Å²) >= 11 is 1.33. The number of fused-ring (bicyclic) bond motifs is 2. The third kappa shape index (κ3) is 2.72. The summed E-state index contributed by atoms with van der Waals surface area (Å²) in [4.78, 5) is 16.4. The third-order valence-electron chi connectivity index (χ3n) is 3.45. The van der Waals surface area contributed by atoms with E-state index < -0.39 is 0 Å². The van der Waals surface area contributed by atoms with Gasteiger partial charge in [0.15, 0.2) is 11.5 Å². The van der Waals surface area contributed by atoms with Crippen LogP contribution in [0.3, 0.4) is 0 Å². The van der Waals surface area contributed by atoms with E-state index in [1.165, 1.54) is 28.1 Å². The Morgan fingerprint density at radius 2 is 2.17 bits per heavy atom. The smallest absolute Gasteiger partial charge is 0.275 e. The molecule has 2 aromatic heterocycles. The van der Waals surface area contributed by atoms with Gasteiger partial charge in [-0.1, -0.05) is 23.5 Å². The maximum atomic E-state index is 11.7. The van der Waals surface area contributed by atoms with Gasteiger partial charge in [0.1, 0.15) is 0 Å². The number of hydrogen-bond acceptors (Lipinski definition) is 7. The molecule has 1 aliphatic rings. The van der Waals surface area contributed by atoms with Crippen molar-refractivity contribution in [3.8, 4) is 11.5 Å². The molecular formula is C15H14N4O3S. The Balaban J connectivity index is 1.59. The van der Waals surface area contributed by atoms with E-state index in [2.05, 4.69) is 15.4 Å². The molecule has 118 valence electrons. The van der Waals surface area contributed by atoms with Crippen molar-refractivity contribution in [2.24, 2.45) is 0 Å². The number of rotatable bonds is 3. The van der Waals surface area contributed by atoms with E-state index in [1.807, 2.05) is 18.2 Å². The van der Waals surface area contributed by atoms with E-state index in [-0.39, 0.29) is 5.56 Å². The molecule has 23 heavy (non-hydrogen) atoms. The summed E-state index contributed by atoms with van der Waals surface area (Å²) in [5.74, 6) is 1.54. The van der Waals surface area contributed by atoms with Crippen molar-refractivity contribution in [3.63, 3.8) is 0 Å². The van der Waals surface area contributed by atoms with Crippen LogP contribution in [-0.4, -0.2) is 27.8 Å². The molecule has 3 aromatic rings. The van der Waals surface area contributed by atoms with Crippen LogP contribution in [0.2, 0.25) is 0 Å². The molecule has 0 radical (unpaired) electrons. The Hall–Kier alpha value is -2.61. The summed E-state index contributed by atoms with van der Waals surface area (Å²) in [6.07, 6.45) is 2.36. The Morgan fingerprint density at radius 1 is 1.26 bits per heavy atom. The zero-order chi connectivity index (χ0) is 15.6. The van der Waals surface area contributed by atoms with Crippen molar-refractivity contribution in [1.82, 2.24) is 14.6 Å². The number of ether oxygens (including phenoxy) is 2. The molecule has 1 aliphatic heterocycles.